The first-order valence-electron chi connectivity index (χ1n) is 6.64. The zero-order valence-corrected chi connectivity index (χ0v) is 11.7. The second-order valence-electron chi connectivity index (χ2n) is 4.56. The summed E-state index contributed by atoms with van der Waals surface area (Å²) in [6.07, 6.45) is 1.88. The molecule has 0 fully saturated rings. The molecule has 0 radical (unpaired) electrons. The predicted octanol–water partition coefficient (Wildman–Crippen LogP) is 2.37. The fourth-order valence-electron chi connectivity index (χ4n) is 2.19. The molecule has 0 aliphatic carbocycles. The Balaban J connectivity index is 1.65. The molecule has 1 aromatic carbocycles. The maximum absolute atomic E-state index is 5.92. The summed E-state index contributed by atoms with van der Waals surface area (Å²) in [5.74, 6) is 0.983. The number of aromatic nitrogens is 2. The monoisotopic (exact) mass is 275 g/mol. The molecule has 4 nitrogen and oxygen atoms in total. The Hall–Kier alpha value is -1.46. The second-order valence-corrected chi connectivity index (χ2v) is 5.65. The van der Waals surface area contributed by atoms with Crippen LogP contribution >= 0.6 is 11.3 Å². The molecule has 2 heterocycles. The maximum Gasteiger partial charge on any atom is 0.158 e. The van der Waals surface area contributed by atoms with Gasteiger partial charge in [-0.15, -0.1) is 10.2 Å². The molecule has 0 saturated heterocycles. The van der Waals surface area contributed by atoms with Crippen molar-refractivity contribution in [2.24, 2.45) is 0 Å². The highest BCUT2D eigenvalue weighted by Gasteiger charge is 2.26. The number of para-hydroxylation sites is 1. The maximum atomic E-state index is 5.92. The smallest absolute Gasteiger partial charge is 0.158 e. The van der Waals surface area contributed by atoms with Gasteiger partial charge in [0.1, 0.15) is 10.8 Å². The van der Waals surface area contributed by atoms with Gasteiger partial charge in [-0.05, 0) is 18.2 Å². The lowest BCUT2D eigenvalue weighted by Crippen LogP contribution is -2.15. The van der Waals surface area contributed by atoms with Crippen LogP contribution in [0.15, 0.2) is 24.3 Å². The third-order valence-corrected chi connectivity index (χ3v) is 4.25. The number of benzene rings is 1. The molecule has 3 rings (SSSR count). The van der Waals surface area contributed by atoms with E-state index in [0.717, 1.165) is 41.7 Å². The quantitative estimate of drug-likeness (QED) is 0.851. The molecular formula is C14H17N3OS. The highest BCUT2D eigenvalue weighted by Crippen LogP contribution is 2.37. The van der Waals surface area contributed by atoms with Crippen LogP contribution in [-0.4, -0.2) is 23.3 Å². The van der Waals surface area contributed by atoms with Gasteiger partial charge in [0.15, 0.2) is 11.1 Å². The molecule has 1 unspecified atom stereocenters. The van der Waals surface area contributed by atoms with E-state index in [0.29, 0.717) is 0 Å². The molecule has 2 aromatic rings. The third-order valence-electron chi connectivity index (χ3n) is 3.17. The minimum absolute atomic E-state index is 0.0442. The van der Waals surface area contributed by atoms with Gasteiger partial charge in [-0.3, -0.25) is 0 Å². The number of likely N-dealkylation sites (N-methyl/N-ethyl adjacent to an activating group) is 1. The molecule has 19 heavy (non-hydrogen) atoms. The molecule has 1 aliphatic rings. The Morgan fingerprint density at radius 1 is 1.37 bits per heavy atom. The Kier molecular flexibility index (Phi) is 3.75. The average Bonchev–Trinajstić information content (AvgIpc) is 3.04. The first kappa shape index (κ1) is 12.6. The molecule has 1 aromatic heterocycles. The van der Waals surface area contributed by atoms with Gasteiger partial charge in [0.2, 0.25) is 0 Å². The van der Waals surface area contributed by atoms with Crippen molar-refractivity contribution in [1.82, 2.24) is 15.5 Å². The molecule has 0 spiro atoms. The van der Waals surface area contributed by atoms with E-state index in [2.05, 4.69) is 28.5 Å². The molecule has 1 atom stereocenters. The van der Waals surface area contributed by atoms with Crippen molar-refractivity contribution in [1.29, 1.82) is 0 Å². The zero-order chi connectivity index (χ0) is 13.1. The Morgan fingerprint density at radius 3 is 3.11 bits per heavy atom. The Labute approximate surface area is 116 Å². The number of hydrogen-bond acceptors (Lipinski definition) is 5. The highest BCUT2D eigenvalue weighted by molar-refractivity contribution is 7.11. The fraction of sp³-hybridized carbons (Fsp3) is 0.429. The van der Waals surface area contributed by atoms with Gasteiger partial charge in [0, 0.05) is 19.4 Å². The van der Waals surface area contributed by atoms with E-state index >= 15 is 0 Å². The van der Waals surface area contributed by atoms with E-state index in [1.165, 1.54) is 5.56 Å². The summed E-state index contributed by atoms with van der Waals surface area (Å²) < 4.78 is 5.92. The first-order chi connectivity index (χ1) is 9.36. The number of hydrogen-bond donors (Lipinski definition) is 1. The van der Waals surface area contributed by atoms with Crippen LogP contribution in [0.2, 0.25) is 0 Å². The van der Waals surface area contributed by atoms with E-state index in [9.17, 15) is 0 Å². The molecule has 1 N–H and O–H groups in total. The van der Waals surface area contributed by atoms with Gasteiger partial charge < -0.3 is 10.1 Å². The largest absolute Gasteiger partial charge is 0.483 e. The van der Waals surface area contributed by atoms with E-state index < -0.39 is 0 Å². The van der Waals surface area contributed by atoms with E-state index in [-0.39, 0.29) is 6.10 Å². The SMILES string of the molecule is CCNCCc1nnc(C2Cc3ccccc3O2)s1. The van der Waals surface area contributed by atoms with Crippen molar-refractivity contribution < 1.29 is 4.74 Å². The standard InChI is InChI=1S/C14H17N3OS/c1-2-15-8-7-13-16-17-14(19-13)12-9-10-5-3-4-6-11(10)18-12/h3-6,12,15H,2,7-9H2,1H3. The van der Waals surface area contributed by atoms with Crippen molar-refractivity contribution in [2.75, 3.05) is 13.1 Å². The lowest BCUT2D eigenvalue weighted by molar-refractivity contribution is 0.237. The van der Waals surface area contributed by atoms with Gasteiger partial charge in [0.05, 0.1) is 0 Å². The lowest BCUT2D eigenvalue weighted by Gasteiger charge is -2.05. The van der Waals surface area contributed by atoms with Crippen LogP contribution in [0.4, 0.5) is 0 Å². The molecule has 0 bridgehead atoms. The van der Waals surface area contributed by atoms with Crippen LogP contribution < -0.4 is 10.1 Å². The number of nitrogens with zero attached hydrogens (tertiary/aromatic N) is 2. The lowest BCUT2D eigenvalue weighted by atomic mass is 10.1. The molecule has 0 amide bonds. The minimum atomic E-state index is 0.0442. The second kappa shape index (κ2) is 5.67. The van der Waals surface area contributed by atoms with Gasteiger partial charge in [-0.25, -0.2) is 0 Å². The van der Waals surface area contributed by atoms with Gasteiger partial charge in [-0.1, -0.05) is 36.5 Å². The van der Waals surface area contributed by atoms with Gasteiger partial charge in [0.25, 0.3) is 0 Å². The van der Waals surface area contributed by atoms with Crippen molar-refractivity contribution in [3.63, 3.8) is 0 Å². The molecule has 0 saturated carbocycles. The number of nitrogens with one attached hydrogen (secondary N) is 1. The van der Waals surface area contributed by atoms with Crippen molar-refractivity contribution in [3.8, 4) is 5.75 Å². The molecule has 1 aliphatic heterocycles. The van der Waals surface area contributed by atoms with Crippen molar-refractivity contribution in [3.05, 3.63) is 39.8 Å². The highest BCUT2D eigenvalue weighted by atomic mass is 32.1. The van der Waals surface area contributed by atoms with E-state index in [1.807, 2.05) is 18.2 Å². The number of fused-ring (bicyclic) bond motifs is 1. The molecule has 5 heteroatoms. The normalized spacial score (nSPS) is 17.2. The van der Waals surface area contributed by atoms with Crippen LogP contribution in [0.3, 0.4) is 0 Å². The summed E-state index contributed by atoms with van der Waals surface area (Å²) in [6.45, 7) is 4.05. The topological polar surface area (TPSA) is 47.0 Å². The van der Waals surface area contributed by atoms with Crippen LogP contribution in [-0.2, 0) is 12.8 Å². The Morgan fingerprint density at radius 2 is 2.26 bits per heavy atom. The summed E-state index contributed by atoms with van der Waals surface area (Å²) in [5.41, 5.74) is 1.26. The predicted molar refractivity (Wildman–Crippen MR) is 75.7 cm³/mol. The van der Waals surface area contributed by atoms with Crippen LogP contribution in [0.25, 0.3) is 0 Å². The van der Waals surface area contributed by atoms with E-state index in [4.69, 9.17) is 4.74 Å². The summed E-state index contributed by atoms with van der Waals surface area (Å²) >= 11 is 1.66. The summed E-state index contributed by atoms with van der Waals surface area (Å²) in [6, 6.07) is 8.18. The zero-order valence-electron chi connectivity index (χ0n) is 10.9. The van der Waals surface area contributed by atoms with Gasteiger partial charge >= 0.3 is 0 Å². The molecular weight excluding hydrogens is 258 g/mol. The van der Waals surface area contributed by atoms with Gasteiger partial charge in [-0.2, -0.15) is 0 Å². The van der Waals surface area contributed by atoms with Crippen molar-refractivity contribution in [2.45, 2.75) is 25.9 Å². The summed E-state index contributed by atoms with van der Waals surface area (Å²) in [5, 5.41) is 13.9. The number of ether oxygens (including phenoxy) is 1. The van der Waals surface area contributed by atoms with Crippen LogP contribution in [0, 0.1) is 0 Å². The number of rotatable bonds is 5. The first-order valence-corrected chi connectivity index (χ1v) is 7.46. The van der Waals surface area contributed by atoms with E-state index in [1.54, 1.807) is 11.3 Å². The summed E-state index contributed by atoms with van der Waals surface area (Å²) in [4.78, 5) is 0. The van der Waals surface area contributed by atoms with Crippen LogP contribution in [0.1, 0.15) is 28.6 Å². The summed E-state index contributed by atoms with van der Waals surface area (Å²) in [7, 11) is 0. The fourth-order valence-corrected chi connectivity index (χ4v) is 3.06. The minimum Gasteiger partial charge on any atom is -0.483 e. The van der Waals surface area contributed by atoms with Crippen LogP contribution in [0.5, 0.6) is 5.75 Å². The third kappa shape index (κ3) is 2.77. The van der Waals surface area contributed by atoms with Crippen molar-refractivity contribution >= 4 is 11.3 Å². The average molecular weight is 275 g/mol. The molecule has 100 valence electrons. The Bertz CT molecular complexity index is 530.